The molecule has 1 aliphatic carbocycles. The maximum absolute atomic E-state index is 3.78. The van der Waals surface area contributed by atoms with E-state index in [4.69, 9.17) is 0 Å². The molecule has 0 fully saturated rings. The average Bonchev–Trinajstić information content (AvgIpc) is 2.94. The van der Waals surface area contributed by atoms with Gasteiger partial charge >= 0.3 is 0 Å². The number of anilines is 1. The van der Waals surface area contributed by atoms with Crippen molar-refractivity contribution in [3.05, 3.63) is 99.1 Å². The highest BCUT2D eigenvalue weighted by molar-refractivity contribution is 5.87. The van der Waals surface area contributed by atoms with Gasteiger partial charge in [0.25, 0.3) is 0 Å². The summed E-state index contributed by atoms with van der Waals surface area (Å²) in [4.78, 5) is 0. The fourth-order valence-corrected chi connectivity index (χ4v) is 4.84. The minimum absolute atomic E-state index is 0.372. The molecule has 0 saturated carbocycles. The molecule has 1 atom stereocenters. The first-order valence-electron chi connectivity index (χ1n) is 10.5. The van der Waals surface area contributed by atoms with Gasteiger partial charge in [-0.3, -0.25) is 0 Å². The highest BCUT2D eigenvalue weighted by Crippen LogP contribution is 2.40. The molecule has 1 nitrogen and oxygen atoms in total. The quantitative estimate of drug-likeness (QED) is 0.487. The molecule has 0 bridgehead atoms. The van der Waals surface area contributed by atoms with Gasteiger partial charge < -0.3 is 5.32 Å². The molecular weight excluding hydrogens is 350 g/mol. The molecule has 4 rings (SSSR count). The lowest BCUT2D eigenvalue weighted by atomic mass is 9.87. The third kappa shape index (κ3) is 3.51. The van der Waals surface area contributed by atoms with Gasteiger partial charge in [0.2, 0.25) is 0 Å². The van der Waals surface area contributed by atoms with Gasteiger partial charge in [0.05, 0.1) is 0 Å². The normalized spacial score (nSPS) is 16.5. The van der Waals surface area contributed by atoms with E-state index in [1.54, 1.807) is 0 Å². The zero-order chi connectivity index (χ0) is 20.7. The zero-order valence-corrected chi connectivity index (χ0v) is 18.5. The summed E-state index contributed by atoms with van der Waals surface area (Å²) in [6.45, 7) is 14.2. The van der Waals surface area contributed by atoms with Crippen LogP contribution in [0.1, 0.15) is 54.5 Å². The minimum Gasteiger partial charge on any atom is -0.381 e. The van der Waals surface area contributed by atoms with Crippen LogP contribution in [0.2, 0.25) is 0 Å². The fourth-order valence-electron chi connectivity index (χ4n) is 4.84. The average molecular weight is 382 g/mol. The molecule has 0 aromatic heterocycles. The molecule has 0 amide bonds. The molecule has 3 aromatic rings. The molecule has 1 N–H and O–H groups in total. The Bertz CT molecular complexity index is 1140. The molecule has 148 valence electrons. The lowest BCUT2D eigenvalue weighted by Gasteiger charge is -2.21. The third-order valence-corrected chi connectivity index (χ3v) is 6.60. The fraction of sp³-hybridized carbons (Fsp3) is 0.286. The van der Waals surface area contributed by atoms with E-state index in [1.165, 1.54) is 61.0 Å². The summed E-state index contributed by atoms with van der Waals surface area (Å²) in [5.41, 5.74) is 12.4. The topological polar surface area (TPSA) is 12.0 Å². The lowest BCUT2D eigenvalue weighted by molar-refractivity contribution is 0.967. The SMILES string of the molecule is CC1=CC(c2ccc3ccccc3c2CNc2c(C)cc(C)cc2C)C(C)=C1C. The van der Waals surface area contributed by atoms with Gasteiger partial charge in [0, 0.05) is 18.2 Å². The van der Waals surface area contributed by atoms with Crippen LogP contribution >= 0.6 is 0 Å². The van der Waals surface area contributed by atoms with Crippen molar-refractivity contribution in [3.63, 3.8) is 0 Å². The van der Waals surface area contributed by atoms with E-state index in [0.717, 1.165) is 6.54 Å². The zero-order valence-electron chi connectivity index (χ0n) is 18.5. The highest BCUT2D eigenvalue weighted by Gasteiger charge is 2.23. The van der Waals surface area contributed by atoms with Crippen molar-refractivity contribution in [2.75, 3.05) is 5.32 Å². The predicted molar refractivity (Wildman–Crippen MR) is 127 cm³/mol. The van der Waals surface area contributed by atoms with Crippen LogP contribution in [0.25, 0.3) is 10.8 Å². The molecule has 1 unspecified atom stereocenters. The Morgan fingerprint density at radius 1 is 0.828 bits per heavy atom. The molecule has 1 aliphatic rings. The van der Waals surface area contributed by atoms with E-state index in [0.29, 0.717) is 5.92 Å². The smallest absolute Gasteiger partial charge is 0.0410 e. The summed E-state index contributed by atoms with van der Waals surface area (Å²) in [7, 11) is 0. The summed E-state index contributed by atoms with van der Waals surface area (Å²) < 4.78 is 0. The number of nitrogens with one attached hydrogen (secondary N) is 1. The summed E-state index contributed by atoms with van der Waals surface area (Å²) in [6, 6.07) is 17.9. The first kappa shape index (κ1) is 19.5. The standard InChI is InChI=1S/C28H31N/c1-17-13-19(3)28(20(4)14-17)29-16-27-24-10-8-7-9-23(24)11-12-25(27)26-15-18(2)21(5)22(26)6/h7-15,26,29H,16H2,1-6H3. The van der Waals surface area contributed by atoms with Crippen LogP contribution in [0.4, 0.5) is 5.69 Å². The number of fused-ring (bicyclic) bond motifs is 1. The lowest BCUT2D eigenvalue weighted by Crippen LogP contribution is -2.09. The number of allylic oxidation sites excluding steroid dienone is 4. The van der Waals surface area contributed by atoms with Gasteiger partial charge in [-0.25, -0.2) is 0 Å². The molecule has 3 aromatic carbocycles. The molecule has 0 spiro atoms. The number of aryl methyl sites for hydroxylation is 3. The van der Waals surface area contributed by atoms with Crippen LogP contribution in [-0.2, 0) is 6.54 Å². The molecule has 1 heteroatoms. The van der Waals surface area contributed by atoms with Crippen molar-refractivity contribution in [1.29, 1.82) is 0 Å². The van der Waals surface area contributed by atoms with Crippen LogP contribution in [0.5, 0.6) is 0 Å². The Morgan fingerprint density at radius 2 is 1.52 bits per heavy atom. The van der Waals surface area contributed by atoms with Crippen molar-refractivity contribution in [2.45, 2.75) is 54.0 Å². The van der Waals surface area contributed by atoms with Crippen molar-refractivity contribution in [2.24, 2.45) is 0 Å². The van der Waals surface area contributed by atoms with E-state index in [9.17, 15) is 0 Å². The molecule has 29 heavy (non-hydrogen) atoms. The van der Waals surface area contributed by atoms with Crippen molar-refractivity contribution in [3.8, 4) is 0 Å². The molecule has 0 aliphatic heterocycles. The van der Waals surface area contributed by atoms with Crippen LogP contribution in [0.3, 0.4) is 0 Å². The molecular formula is C28H31N. The largest absolute Gasteiger partial charge is 0.381 e. The second kappa shape index (κ2) is 7.55. The van der Waals surface area contributed by atoms with E-state index in [1.807, 2.05) is 0 Å². The third-order valence-electron chi connectivity index (χ3n) is 6.60. The van der Waals surface area contributed by atoms with Crippen molar-refractivity contribution >= 4 is 16.5 Å². The van der Waals surface area contributed by atoms with Gasteiger partial charge in [-0.05, 0) is 80.1 Å². The maximum Gasteiger partial charge on any atom is 0.0410 e. The van der Waals surface area contributed by atoms with Crippen LogP contribution in [-0.4, -0.2) is 0 Å². The highest BCUT2D eigenvalue weighted by atomic mass is 14.9. The van der Waals surface area contributed by atoms with E-state index >= 15 is 0 Å². The Kier molecular flexibility index (Phi) is 5.08. The van der Waals surface area contributed by atoms with Gasteiger partial charge in [0.1, 0.15) is 0 Å². The number of hydrogen-bond acceptors (Lipinski definition) is 1. The van der Waals surface area contributed by atoms with E-state index < -0.39 is 0 Å². The Morgan fingerprint density at radius 3 is 2.17 bits per heavy atom. The monoisotopic (exact) mass is 381 g/mol. The summed E-state index contributed by atoms with van der Waals surface area (Å²) in [5.74, 6) is 0.372. The Labute approximate surface area is 175 Å². The maximum atomic E-state index is 3.78. The summed E-state index contributed by atoms with van der Waals surface area (Å²) >= 11 is 0. The summed E-state index contributed by atoms with van der Waals surface area (Å²) in [5, 5.41) is 6.44. The van der Waals surface area contributed by atoms with Gasteiger partial charge in [-0.2, -0.15) is 0 Å². The first-order chi connectivity index (χ1) is 13.9. The van der Waals surface area contributed by atoms with Crippen molar-refractivity contribution < 1.29 is 0 Å². The first-order valence-corrected chi connectivity index (χ1v) is 10.5. The second-order valence-corrected chi connectivity index (χ2v) is 8.62. The van der Waals surface area contributed by atoms with Gasteiger partial charge in [0.15, 0.2) is 0 Å². The Balaban J connectivity index is 1.81. The van der Waals surface area contributed by atoms with Crippen LogP contribution in [0, 0.1) is 20.8 Å². The van der Waals surface area contributed by atoms with Gasteiger partial charge in [-0.15, -0.1) is 0 Å². The van der Waals surface area contributed by atoms with Crippen LogP contribution < -0.4 is 5.32 Å². The molecule has 0 radical (unpaired) electrons. The van der Waals surface area contributed by atoms with Crippen LogP contribution in [0.15, 0.2) is 71.3 Å². The van der Waals surface area contributed by atoms with E-state index in [-0.39, 0.29) is 0 Å². The second-order valence-electron chi connectivity index (χ2n) is 8.62. The minimum atomic E-state index is 0.372. The van der Waals surface area contributed by atoms with E-state index in [2.05, 4.69) is 101 Å². The number of benzene rings is 3. The Hall–Kier alpha value is -2.80. The molecule has 0 heterocycles. The summed E-state index contributed by atoms with van der Waals surface area (Å²) in [6.07, 6.45) is 2.43. The predicted octanol–water partition coefficient (Wildman–Crippen LogP) is 7.76. The number of hydrogen-bond donors (Lipinski definition) is 1. The van der Waals surface area contributed by atoms with Gasteiger partial charge in [-0.1, -0.05) is 71.3 Å². The molecule has 0 saturated heterocycles. The van der Waals surface area contributed by atoms with Crippen molar-refractivity contribution in [1.82, 2.24) is 0 Å². The number of rotatable bonds is 4.